The van der Waals surface area contributed by atoms with Crippen LogP contribution in [0.25, 0.3) is 6.08 Å². The van der Waals surface area contributed by atoms with E-state index >= 15 is 0 Å². The lowest BCUT2D eigenvalue weighted by molar-refractivity contribution is 0.0692. The van der Waals surface area contributed by atoms with E-state index in [1.54, 1.807) is 18.2 Å². The number of benzene rings is 2. The van der Waals surface area contributed by atoms with Gasteiger partial charge in [-0.3, -0.25) is 0 Å². The van der Waals surface area contributed by atoms with Gasteiger partial charge in [0.05, 0.1) is 18.0 Å². The average Bonchev–Trinajstić information content (AvgIpc) is 3.52. The molecule has 7 nitrogen and oxygen atoms in total. The lowest BCUT2D eigenvalue weighted by Gasteiger charge is -2.26. The lowest BCUT2D eigenvalue weighted by Crippen LogP contribution is -2.21. The summed E-state index contributed by atoms with van der Waals surface area (Å²) in [5.74, 6) is -0.949. The molecule has 164 valence electrons. The molecule has 0 saturated heterocycles. The molecule has 4 rings (SSSR count). The lowest BCUT2D eigenvalue weighted by atomic mass is 9.99. The molecule has 0 radical (unpaired) electrons. The first-order valence-corrected chi connectivity index (χ1v) is 11.2. The van der Waals surface area contributed by atoms with Gasteiger partial charge in [0.15, 0.2) is 0 Å². The number of carbonyl (C=O) groups is 1. The molecule has 2 aromatic carbocycles. The molecule has 2 aliphatic rings. The second kappa shape index (κ2) is 8.68. The van der Waals surface area contributed by atoms with Crippen molar-refractivity contribution in [2.75, 3.05) is 24.0 Å². The fourth-order valence-corrected chi connectivity index (χ4v) is 4.69. The maximum atomic E-state index is 13.9. The molecular weight excluding hydrogens is 423 g/mol. The standard InChI is InChI=1S/C22H23FN2O5S/c1-2-24-9-3-4-13-10-15(23)5-7-18(13)25(31(28)29)19-8-6-16-17-11-14(17)12-30-21(16)20(19)22(26)27/h3-8,10,14,17,24,31H,2,9,11-12H2,1H3,(H,26,27)/t14-,17-/m1/s1. The molecule has 0 amide bonds. The third kappa shape index (κ3) is 4.15. The second-order valence-corrected chi connectivity index (χ2v) is 8.43. The van der Waals surface area contributed by atoms with Crippen LogP contribution in [-0.2, 0) is 10.9 Å². The number of nitrogens with zero attached hydrogens (tertiary/aromatic N) is 1. The van der Waals surface area contributed by atoms with Crippen molar-refractivity contribution >= 4 is 34.3 Å². The van der Waals surface area contributed by atoms with Crippen molar-refractivity contribution in [3.8, 4) is 5.75 Å². The van der Waals surface area contributed by atoms with Gasteiger partial charge in [-0.2, -0.15) is 0 Å². The first kappa shape index (κ1) is 21.3. The summed E-state index contributed by atoms with van der Waals surface area (Å²) in [6.45, 7) is 3.63. The van der Waals surface area contributed by atoms with Crippen LogP contribution in [0.2, 0.25) is 0 Å². The summed E-state index contributed by atoms with van der Waals surface area (Å²) in [7, 11) is -3.28. The van der Waals surface area contributed by atoms with Crippen LogP contribution in [0.1, 0.15) is 40.7 Å². The van der Waals surface area contributed by atoms with Crippen molar-refractivity contribution in [3.05, 3.63) is 58.9 Å². The van der Waals surface area contributed by atoms with Crippen LogP contribution in [0.15, 0.2) is 36.4 Å². The van der Waals surface area contributed by atoms with E-state index in [1.165, 1.54) is 18.2 Å². The first-order valence-electron chi connectivity index (χ1n) is 10.1. The minimum absolute atomic E-state index is 0.0330. The van der Waals surface area contributed by atoms with Gasteiger partial charge in [-0.05, 0) is 48.7 Å². The summed E-state index contributed by atoms with van der Waals surface area (Å²) in [5.41, 5.74) is 1.04. The minimum Gasteiger partial charge on any atom is -0.492 e. The highest BCUT2D eigenvalue weighted by molar-refractivity contribution is 7.74. The highest BCUT2D eigenvalue weighted by Gasteiger charge is 2.45. The van der Waals surface area contributed by atoms with Crippen molar-refractivity contribution in [1.29, 1.82) is 0 Å². The fraction of sp³-hybridized carbons (Fsp3) is 0.318. The van der Waals surface area contributed by atoms with Crippen molar-refractivity contribution in [2.45, 2.75) is 19.3 Å². The third-order valence-corrected chi connectivity index (χ3v) is 6.32. The molecule has 2 aromatic rings. The molecule has 0 aromatic heterocycles. The number of hydrogen-bond acceptors (Lipinski definition) is 5. The molecule has 1 aliphatic heterocycles. The Kier molecular flexibility index (Phi) is 5.97. The largest absolute Gasteiger partial charge is 0.492 e. The highest BCUT2D eigenvalue weighted by atomic mass is 32.2. The molecule has 1 aliphatic carbocycles. The number of rotatable bonds is 8. The van der Waals surface area contributed by atoms with Gasteiger partial charge in [-0.25, -0.2) is 21.9 Å². The Morgan fingerprint density at radius 1 is 1.32 bits per heavy atom. The second-order valence-electron chi connectivity index (χ2n) is 7.56. The zero-order valence-corrected chi connectivity index (χ0v) is 17.8. The van der Waals surface area contributed by atoms with Gasteiger partial charge in [-0.15, -0.1) is 0 Å². The average molecular weight is 447 g/mol. The molecule has 2 atom stereocenters. The molecule has 1 fully saturated rings. The molecule has 1 heterocycles. The van der Waals surface area contributed by atoms with Crippen LogP contribution in [0, 0.1) is 11.7 Å². The van der Waals surface area contributed by atoms with Crippen molar-refractivity contribution in [2.24, 2.45) is 5.92 Å². The molecule has 9 heteroatoms. The highest BCUT2D eigenvalue weighted by Crippen LogP contribution is 2.55. The number of carboxylic acid groups (broad SMARTS) is 1. The van der Waals surface area contributed by atoms with Crippen LogP contribution in [0.3, 0.4) is 0 Å². The number of halogens is 1. The number of likely N-dealkylation sites (N-methyl/N-ethyl adjacent to an activating group) is 1. The molecule has 0 bridgehead atoms. The predicted octanol–water partition coefficient (Wildman–Crippen LogP) is 3.31. The van der Waals surface area contributed by atoms with Gasteiger partial charge in [0.25, 0.3) is 0 Å². The molecular formula is C22H23FN2O5S. The van der Waals surface area contributed by atoms with Gasteiger partial charge in [0.2, 0.25) is 10.9 Å². The van der Waals surface area contributed by atoms with E-state index in [0.717, 1.165) is 28.9 Å². The van der Waals surface area contributed by atoms with Gasteiger partial charge in [0, 0.05) is 18.0 Å². The van der Waals surface area contributed by atoms with E-state index in [4.69, 9.17) is 4.74 Å². The Balaban J connectivity index is 1.85. The Hall–Kier alpha value is -2.91. The smallest absolute Gasteiger partial charge is 0.341 e. The summed E-state index contributed by atoms with van der Waals surface area (Å²) in [6, 6.07) is 6.92. The van der Waals surface area contributed by atoms with E-state index < -0.39 is 22.7 Å². The van der Waals surface area contributed by atoms with Crippen LogP contribution >= 0.6 is 0 Å². The van der Waals surface area contributed by atoms with Crippen molar-refractivity contribution in [3.63, 3.8) is 0 Å². The summed E-state index contributed by atoms with van der Waals surface area (Å²) >= 11 is 0. The van der Waals surface area contributed by atoms with E-state index in [-0.39, 0.29) is 28.6 Å². The van der Waals surface area contributed by atoms with Crippen molar-refractivity contribution < 1.29 is 27.4 Å². The van der Waals surface area contributed by atoms with Crippen LogP contribution in [0.5, 0.6) is 5.75 Å². The van der Waals surface area contributed by atoms with Crippen molar-refractivity contribution in [1.82, 2.24) is 5.32 Å². The van der Waals surface area contributed by atoms with Gasteiger partial charge in [-0.1, -0.05) is 25.1 Å². The summed E-state index contributed by atoms with van der Waals surface area (Å²) in [6.07, 6.45) is 4.29. The molecule has 0 spiro atoms. The van der Waals surface area contributed by atoms with E-state index in [0.29, 0.717) is 24.6 Å². The number of aromatic carboxylic acids is 1. The normalized spacial score (nSPS) is 19.1. The SMILES string of the molecule is CCNCC=Cc1cc(F)ccc1N(c1ccc2c(c1C(=O)O)OC[C@H]1C[C@@H]21)[SH](=O)=O. The number of carboxylic acids is 1. The summed E-state index contributed by atoms with van der Waals surface area (Å²) in [5, 5.41) is 13.0. The summed E-state index contributed by atoms with van der Waals surface area (Å²) in [4.78, 5) is 12.2. The Bertz CT molecular complexity index is 1120. The van der Waals surface area contributed by atoms with E-state index in [2.05, 4.69) is 5.32 Å². The maximum absolute atomic E-state index is 13.9. The Morgan fingerprint density at radius 2 is 2.10 bits per heavy atom. The van der Waals surface area contributed by atoms with Gasteiger partial charge >= 0.3 is 5.97 Å². The summed E-state index contributed by atoms with van der Waals surface area (Å²) < 4.78 is 45.2. The number of hydrogen-bond donors (Lipinski definition) is 3. The van der Waals surface area contributed by atoms with Gasteiger partial charge in [0.1, 0.15) is 17.1 Å². The van der Waals surface area contributed by atoms with E-state index in [9.17, 15) is 22.7 Å². The molecule has 1 saturated carbocycles. The molecule has 31 heavy (non-hydrogen) atoms. The monoisotopic (exact) mass is 446 g/mol. The maximum Gasteiger partial charge on any atom is 0.341 e. The van der Waals surface area contributed by atoms with Gasteiger partial charge < -0.3 is 15.2 Å². The number of nitrogens with one attached hydrogen (secondary N) is 1. The number of fused-ring (bicyclic) bond motifs is 3. The third-order valence-electron chi connectivity index (χ3n) is 5.56. The number of anilines is 2. The van der Waals surface area contributed by atoms with Crippen LogP contribution in [-0.4, -0.2) is 39.2 Å². The topological polar surface area (TPSA) is 95.9 Å². The van der Waals surface area contributed by atoms with Crippen LogP contribution in [0.4, 0.5) is 15.8 Å². The zero-order chi connectivity index (χ0) is 22.1. The number of thiol groups is 1. The predicted molar refractivity (Wildman–Crippen MR) is 116 cm³/mol. The van der Waals surface area contributed by atoms with Crippen LogP contribution < -0.4 is 14.4 Å². The fourth-order valence-electron chi connectivity index (χ4n) is 3.99. The Morgan fingerprint density at radius 3 is 2.81 bits per heavy atom. The quantitative estimate of drug-likeness (QED) is 0.425. The number of ether oxygens (including phenoxy) is 1. The molecule has 0 unspecified atom stereocenters. The minimum atomic E-state index is -3.28. The first-order chi connectivity index (χ1) is 14.9. The Labute approximate surface area is 181 Å². The molecule has 2 N–H and O–H groups in total. The van der Waals surface area contributed by atoms with E-state index in [1.807, 2.05) is 6.92 Å². The zero-order valence-electron chi connectivity index (χ0n) is 16.9.